The summed E-state index contributed by atoms with van der Waals surface area (Å²) < 4.78 is 12.8. The highest BCUT2D eigenvalue weighted by atomic mass is 35.5. The number of hydrogen-bond acceptors (Lipinski definition) is 3. The van der Waals surface area contributed by atoms with Crippen LogP contribution in [0.15, 0.2) is 42.5 Å². The van der Waals surface area contributed by atoms with Crippen LogP contribution in [0.4, 0.5) is 15.8 Å². The van der Waals surface area contributed by atoms with E-state index in [4.69, 9.17) is 11.6 Å². The topological polar surface area (TPSA) is 87.3 Å². The van der Waals surface area contributed by atoms with Gasteiger partial charge in [-0.1, -0.05) is 17.7 Å². The first kappa shape index (κ1) is 18.4. The minimum absolute atomic E-state index is 0.264. The normalized spacial score (nSPS) is 10.0. The van der Waals surface area contributed by atoms with Crippen molar-refractivity contribution in [2.45, 2.75) is 6.92 Å². The Balaban J connectivity index is 1.84. The number of benzene rings is 2. The van der Waals surface area contributed by atoms with Gasteiger partial charge in [-0.25, -0.2) is 4.39 Å². The number of rotatable bonds is 4. The molecule has 0 saturated heterocycles. The van der Waals surface area contributed by atoms with E-state index in [2.05, 4.69) is 16.0 Å². The molecular formula is C17H15ClFN3O3. The van der Waals surface area contributed by atoms with E-state index in [1.807, 2.05) is 0 Å². The molecule has 0 aliphatic carbocycles. The van der Waals surface area contributed by atoms with Gasteiger partial charge in [0, 0.05) is 16.4 Å². The Bertz CT molecular complexity index is 809. The van der Waals surface area contributed by atoms with Crippen LogP contribution in [0, 0.1) is 12.7 Å². The number of carbonyl (C=O) groups is 3. The Morgan fingerprint density at radius 3 is 2.36 bits per heavy atom. The summed E-state index contributed by atoms with van der Waals surface area (Å²) in [4.78, 5) is 35.3. The predicted molar refractivity (Wildman–Crippen MR) is 92.9 cm³/mol. The van der Waals surface area contributed by atoms with Crippen LogP contribution in [-0.4, -0.2) is 24.3 Å². The molecule has 0 aromatic heterocycles. The van der Waals surface area contributed by atoms with Gasteiger partial charge in [0.2, 0.25) is 5.91 Å². The first-order valence-corrected chi connectivity index (χ1v) is 7.64. The van der Waals surface area contributed by atoms with Gasteiger partial charge in [-0.3, -0.25) is 14.4 Å². The zero-order chi connectivity index (χ0) is 18.4. The van der Waals surface area contributed by atoms with E-state index in [0.717, 1.165) is 12.1 Å². The summed E-state index contributed by atoms with van der Waals surface area (Å²) in [5, 5.41) is 7.58. The van der Waals surface area contributed by atoms with Gasteiger partial charge in [0.25, 0.3) is 0 Å². The summed E-state index contributed by atoms with van der Waals surface area (Å²) in [7, 11) is 0. The molecule has 0 aliphatic rings. The van der Waals surface area contributed by atoms with Crippen molar-refractivity contribution in [1.29, 1.82) is 0 Å². The molecule has 6 nitrogen and oxygen atoms in total. The van der Waals surface area contributed by atoms with Crippen molar-refractivity contribution >= 4 is 40.7 Å². The lowest BCUT2D eigenvalue weighted by molar-refractivity contribution is -0.136. The second-order valence-electron chi connectivity index (χ2n) is 5.10. The number of anilines is 2. The van der Waals surface area contributed by atoms with Gasteiger partial charge in [-0.2, -0.15) is 0 Å². The van der Waals surface area contributed by atoms with Crippen LogP contribution in [0.5, 0.6) is 0 Å². The second-order valence-corrected chi connectivity index (χ2v) is 5.51. The lowest BCUT2D eigenvalue weighted by Gasteiger charge is -2.10. The summed E-state index contributed by atoms with van der Waals surface area (Å²) in [5.41, 5.74) is 1.47. The van der Waals surface area contributed by atoms with E-state index in [9.17, 15) is 18.8 Å². The zero-order valence-corrected chi connectivity index (χ0v) is 14.0. The van der Waals surface area contributed by atoms with E-state index >= 15 is 0 Å². The number of nitrogens with one attached hydrogen (secondary N) is 3. The lowest BCUT2D eigenvalue weighted by Crippen LogP contribution is -2.39. The monoisotopic (exact) mass is 363 g/mol. The van der Waals surface area contributed by atoms with Crippen LogP contribution >= 0.6 is 11.6 Å². The Kier molecular flexibility index (Phi) is 6.08. The van der Waals surface area contributed by atoms with E-state index in [1.165, 1.54) is 12.1 Å². The molecule has 130 valence electrons. The average molecular weight is 364 g/mol. The molecule has 0 spiro atoms. The smallest absolute Gasteiger partial charge is 0.313 e. The maximum Gasteiger partial charge on any atom is 0.313 e. The Labute approximate surface area is 148 Å². The quantitative estimate of drug-likeness (QED) is 0.729. The van der Waals surface area contributed by atoms with E-state index < -0.39 is 23.5 Å². The van der Waals surface area contributed by atoms with E-state index in [0.29, 0.717) is 16.3 Å². The maximum absolute atomic E-state index is 12.8. The van der Waals surface area contributed by atoms with Crippen molar-refractivity contribution in [2.24, 2.45) is 0 Å². The van der Waals surface area contributed by atoms with Gasteiger partial charge in [0.05, 0.1) is 6.54 Å². The highest BCUT2D eigenvalue weighted by molar-refractivity contribution is 6.40. The summed E-state index contributed by atoms with van der Waals surface area (Å²) in [5.74, 6) is -2.91. The van der Waals surface area contributed by atoms with Gasteiger partial charge in [-0.15, -0.1) is 0 Å². The highest BCUT2D eigenvalue weighted by Gasteiger charge is 2.15. The molecule has 0 heterocycles. The van der Waals surface area contributed by atoms with Crippen molar-refractivity contribution in [3.63, 3.8) is 0 Å². The van der Waals surface area contributed by atoms with Crippen molar-refractivity contribution in [3.8, 4) is 0 Å². The zero-order valence-electron chi connectivity index (χ0n) is 13.2. The molecular weight excluding hydrogens is 349 g/mol. The van der Waals surface area contributed by atoms with Gasteiger partial charge in [-0.05, 0) is 48.9 Å². The molecule has 0 saturated carbocycles. The van der Waals surface area contributed by atoms with Gasteiger partial charge >= 0.3 is 11.8 Å². The molecule has 3 amide bonds. The number of halogens is 2. The van der Waals surface area contributed by atoms with Crippen LogP contribution in [0.25, 0.3) is 0 Å². The SMILES string of the molecule is Cc1c(Cl)cccc1NC(=O)CNC(=O)C(=O)Nc1ccc(F)cc1. The van der Waals surface area contributed by atoms with E-state index in [1.54, 1.807) is 25.1 Å². The number of carbonyl (C=O) groups excluding carboxylic acids is 3. The second kappa shape index (κ2) is 8.25. The highest BCUT2D eigenvalue weighted by Crippen LogP contribution is 2.22. The Morgan fingerprint density at radius 1 is 1.00 bits per heavy atom. The summed E-state index contributed by atoms with van der Waals surface area (Å²) in [6.45, 7) is 1.36. The Morgan fingerprint density at radius 2 is 1.68 bits per heavy atom. The van der Waals surface area contributed by atoms with Crippen molar-refractivity contribution < 1.29 is 18.8 Å². The fourth-order valence-electron chi connectivity index (χ4n) is 1.90. The third-order valence-corrected chi connectivity index (χ3v) is 3.67. The standard InChI is InChI=1S/C17H15ClFN3O3/c1-10-13(18)3-2-4-14(10)22-15(23)9-20-16(24)17(25)21-12-7-5-11(19)6-8-12/h2-8H,9H2,1H3,(H,20,24)(H,21,25)(H,22,23). The molecule has 0 aliphatic heterocycles. The van der Waals surface area contributed by atoms with Gasteiger partial charge in [0.1, 0.15) is 5.82 Å². The molecule has 2 aromatic carbocycles. The molecule has 2 rings (SSSR count). The third-order valence-electron chi connectivity index (χ3n) is 3.26. The summed E-state index contributed by atoms with van der Waals surface area (Å²) >= 11 is 5.96. The first-order valence-electron chi connectivity index (χ1n) is 7.26. The van der Waals surface area contributed by atoms with Crippen LogP contribution in [0.2, 0.25) is 5.02 Å². The minimum atomic E-state index is -0.984. The van der Waals surface area contributed by atoms with Crippen molar-refractivity contribution in [2.75, 3.05) is 17.2 Å². The minimum Gasteiger partial charge on any atom is -0.339 e. The number of amides is 3. The molecule has 3 N–H and O–H groups in total. The van der Waals surface area contributed by atoms with Gasteiger partial charge < -0.3 is 16.0 Å². The maximum atomic E-state index is 12.8. The van der Waals surface area contributed by atoms with Crippen LogP contribution in [0.1, 0.15) is 5.56 Å². The van der Waals surface area contributed by atoms with Crippen LogP contribution in [0.3, 0.4) is 0 Å². The molecule has 0 fully saturated rings. The fraction of sp³-hybridized carbons (Fsp3) is 0.118. The van der Waals surface area contributed by atoms with Crippen molar-refractivity contribution in [3.05, 3.63) is 58.9 Å². The molecule has 0 atom stereocenters. The molecule has 0 radical (unpaired) electrons. The predicted octanol–water partition coefficient (Wildman–Crippen LogP) is 2.48. The van der Waals surface area contributed by atoms with Gasteiger partial charge in [0.15, 0.2) is 0 Å². The van der Waals surface area contributed by atoms with Crippen molar-refractivity contribution in [1.82, 2.24) is 5.32 Å². The van der Waals surface area contributed by atoms with E-state index in [-0.39, 0.29) is 12.2 Å². The molecule has 25 heavy (non-hydrogen) atoms. The van der Waals surface area contributed by atoms with Crippen LogP contribution in [-0.2, 0) is 14.4 Å². The molecule has 2 aromatic rings. The average Bonchev–Trinajstić information content (AvgIpc) is 2.59. The fourth-order valence-corrected chi connectivity index (χ4v) is 2.07. The lowest BCUT2D eigenvalue weighted by atomic mass is 10.2. The number of hydrogen-bond donors (Lipinski definition) is 3. The first-order chi connectivity index (χ1) is 11.9. The molecule has 8 heteroatoms. The summed E-state index contributed by atoms with van der Waals surface area (Å²) in [6.07, 6.45) is 0. The largest absolute Gasteiger partial charge is 0.339 e. The van der Waals surface area contributed by atoms with Crippen LogP contribution < -0.4 is 16.0 Å². The third kappa shape index (κ3) is 5.29. The molecule has 0 bridgehead atoms. The Hall–Kier alpha value is -2.93. The summed E-state index contributed by atoms with van der Waals surface area (Å²) in [6, 6.07) is 9.96. The molecule has 0 unspecified atom stereocenters.